The van der Waals surface area contributed by atoms with Crippen molar-refractivity contribution >= 4 is 16.5 Å². The van der Waals surface area contributed by atoms with Gasteiger partial charge in [-0.15, -0.1) is 0 Å². The van der Waals surface area contributed by atoms with Crippen LogP contribution < -0.4 is 15.0 Å². The van der Waals surface area contributed by atoms with Crippen molar-refractivity contribution in [3.8, 4) is 5.88 Å². The molecule has 1 aliphatic rings. The zero-order valence-corrected chi connectivity index (χ0v) is 11.8. The molecule has 1 fully saturated rings. The Balaban J connectivity index is 2.08. The standard InChI is InChI=1S/C11H16F3N3OS/c1-17(2)9-16-8(18-3)7(19-9)6-15-10(4-5-10)11(12,13)14/h15H,4-6H2,1-3H3. The maximum atomic E-state index is 12.8. The highest BCUT2D eigenvalue weighted by molar-refractivity contribution is 7.15. The largest absolute Gasteiger partial charge is 0.480 e. The fourth-order valence-corrected chi connectivity index (χ4v) is 2.62. The van der Waals surface area contributed by atoms with Gasteiger partial charge in [0.15, 0.2) is 5.13 Å². The van der Waals surface area contributed by atoms with Crippen molar-refractivity contribution in [1.82, 2.24) is 10.3 Å². The van der Waals surface area contributed by atoms with Crippen LogP contribution in [0, 0.1) is 0 Å². The third-order valence-electron chi connectivity index (χ3n) is 3.11. The summed E-state index contributed by atoms with van der Waals surface area (Å²) in [6, 6.07) is 0. The number of thiazole rings is 1. The Labute approximate surface area is 113 Å². The molecule has 1 heterocycles. The summed E-state index contributed by atoms with van der Waals surface area (Å²) in [5, 5.41) is 3.31. The summed E-state index contributed by atoms with van der Waals surface area (Å²) in [5.41, 5.74) is -1.71. The van der Waals surface area contributed by atoms with E-state index in [0.29, 0.717) is 15.9 Å². The van der Waals surface area contributed by atoms with Gasteiger partial charge in [0, 0.05) is 20.6 Å². The molecule has 0 radical (unpaired) electrons. The summed E-state index contributed by atoms with van der Waals surface area (Å²) < 4.78 is 43.5. The lowest BCUT2D eigenvalue weighted by Gasteiger charge is -2.20. The van der Waals surface area contributed by atoms with Crippen molar-refractivity contribution in [3.63, 3.8) is 0 Å². The average Bonchev–Trinajstić information content (AvgIpc) is 3.00. The van der Waals surface area contributed by atoms with Gasteiger partial charge in [-0.1, -0.05) is 11.3 Å². The van der Waals surface area contributed by atoms with Crippen LogP contribution in [0.1, 0.15) is 17.7 Å². The van der Waals surface area contributed by atoms with Crippen molar-refractivity contribution in [2.24, 2.45) is 0 Å². The van der Waals surface area contributed by atoms with Gasteiger partial charge in [0.2, 0.25) is 5.88 Å². The Bertz CT molecular complexity index is 455. The number of nitrogens with zero attached hydrogens (tertiary/aromatic N) is 2. The lowest BCUT2D eigenvalue weighted by Crippen LogP contribution is -2.44. The Morgan fingerprint density at radius 3 is 2.47 bits per heavy atom. The number of ether oxygens (including phenoxy) is 1. The molecule has 4 nitrogen and oxygen atoms in total. The van der Waals surface area contributed by atoms with Gasteiger partial charge in [0.05, 0.1) is 12.0 Å². The first-order valence-electron chi connectivity index (χ1n) is 5.82. The summed E-state index contributed by atoms with van der Waals surface area (Å²) in [6.45, 7) is 0.119. The van der Waals surface area contributed by atoms with E-state index in [1.165, 1.54) is 18.4 Å². The number of hydrogen-bond acceptors (Lipinski definition) is 5. The monoisotopic (exact) mass is 295 g/mol. The molecule has 8 heteroatoms. The van der Waals surface area contributed by atoms with Crippen LogP contribution in [0.2, 0.25) is 0 Å². The van der Waals surface area contributed by atoms with Gasteiger partial charge in [0.25, 0.3) is 0 Å². The summed E-state index contributed by atoms with van der Waals surface area (Å²) >= 11 is 1.33. The van der Waals surface area contributed by atoms with Gasteiger partial charge in [-0.05, 0) is 12.8 Å². The minimum atomic E-state index is -4.20. The Morgan fingerprint density at radius 1 is 1.42 bits per heavy atom. The molecule has 19 heavy (non-hydrogen) atoms. The zero-order valence-electron chi connectivity index (χ0n) is 11.0. The molecule has 0 aromatic carbocycles. The molecule has 1 saturated carbocycles. The van der Waals surface area contributed by atoms with Crippen LogP contribution in [-0.4, -0.2) is 37.9 Å². The van der Waals surface area contributed by atoms with Crippen LogP contribution in [0.5, 0.6) is 5.88 Å². The minimum absolute atomic E-state index is 0.119. The van der Waals surface area contributed by atoms with Crippen molar-refractivity contribution < 1.29 is 17.9 Å². The maximum absolute atomic E-state index is 12.8. The van der Waals surface area contributed by atoms with Gasteiger partial charge in [0.1, 0.15) is 5.54 Å². The van der Waals surface area contributed by atoms with Crippen molar-refractivity contribution in [3.05, 3.63) is 4.88 Å². The number of aromatic nitrogens is 1. The second-order valence-corrected chi connectivity index (χ2v) is 5.82. The van der Waals surface area contributed by atoms with Crippen LogP contribution in [0.4, 0.5) is 18.3 Å². The van der Waals surface area contributed by atoms with Crippen LogP contribution >= 0.6 is 11.3 Å². The fraction of sp³-hybridized carbons (Fsp3) is 0.727. The molecular weight excluding hydrogens is 279 g/mol. The lowest BCUT2D eigenvalue weighted by molar-refractivity contribution is -0.166. The first-order chi connectivity index (χ1) is 8.79. The molecule has 1 N–H and O–H groups in total. The van der Waals surface area contributed by atoms with Gasteiger partial charge in [-0.3, -0.25) is 5.32 Å². The third kappa shape index (κ3) is 2.79. The minimum Gasteiger partial charge on any atom is -0.480 e. The Kier molecular flexibility index (Phi) is 3.65. The number of nitrogens with one attached hydrogen (secondary N) is 1. The molecule has 0 saturated heterocycles. The molecule has 1 aromatic heterocycles. The molecule has 108 valence electrons. The summed E-state index contributed by atoms with van der Waals surface area (Å²) in [4.78, 5) is 6.69. The molecule has 0 atom stereocenters. The third-order valence-corrected chi connectivity index (χ3v) is 4.31. The van der Waals surface area contributed by atoms with Crippen LogP contribution in [-0.2, 0) is 6.54 Å². The van der Waals surface area contributed by atoms with Crippen LogP contribution in [0.15, 0.2) is 0 Å². The molecule has 0 bridgehead atoms. The Hall–Kier alpha value is -1.02. The number of hydrogen-bond donors (Lipinski definition) is 1. The van der Waals surface area contributed by atoms with Crippen molar-refractivity contribution in [2.45, 2.75) is 31.1 Å². The number of halogens is 3. The highest BCUT2D eigenvalue weighted by Gasteiger charge is 2.63. The van der Waals surface area contributed by atoms with E-state index in [-0.39, 0.29) is 19.4 Å². The predicted molar refractivity (Wildman–Crippen MR) is 67.9 cm³/mol. The van der Waals surface area contributed by atoms with E-state index in [1.807, 2.05) is 14.1 Å². The maximum Gasteiger partial charge on any atom is 0.406 e. The van der Waals surface area contributed by atoms with Crippen molar-refractivity contribution in [2.75, 3.05) is 26.1 Å². The SMILES string of the molecule is COc1nc(N(C)C)sc1CNC1(C(F)(F)F)CC1. The number of rotatable bonds is 5. The quantitative estimate of drug-likeness (QED) is 0.905. The summed E-state index contributed by atoms with van der Waals surface area (Å²) in [6.07, 6.45) is -3.92. The number of alkyl halides is 3. The molecule has 1 aromatic rings. The molecular formula is C11H16F3N3OS. The van der Waals surface area contributed by atoms with E-state index in [9.17, 15) is 13.2 Å². The second kappa shape index (κ2) is 4.82. The summed E-state index contributed by atoms with van der Waals surface area (Å²) in [7, 11) is 5.12. The number of anilines is 1. The highest BCUT2D eigenvalue weighted by atomic mass is 32.1. The van der Waals surface area contributed by atoms with E-state index in [0.717, 1.165) is 0 Å². The average molecular weight is 295 g/mol. The molecule has 0 amide bonds. The highest BCUT2D eigenvalue weighted by Crippen LogP contribution is 2.49. The topological polar surface area (TPSA) is 37.4 Å². The Morgan fingerprint density at radius 2 is 2.05 bits per heavy atom. The van der Waals surface area contributed by atoms with Gasteiger partial charge >= 0.3 is 6.18 Å². The van der Waals surface area contributed by atoms with E-state index in [2.05, 4.69) is 10.3 Å². The number of methoxy groups -OCH3 is 1. The molecule has 0 unspecified atom stereocenters. The molecule has 2 rings (SSSR count). The molecule has 0 spiro atoms. The fourth-order valence-electron chi connectivity index (χ4n) is 1.72. The smallest absolute Gasteiger partial charge is 0.406 e. The first-order valence-corrected chi connectivity index (χ1v) is 6.63. The van der Waals surface area contributed by atoms with Gasteiger partial charge in [-0.2, -0.15) is 18.2 Å². The van der Waals surface area contributed by atoms with E-state index < -0.39 is 11.7 Å². The van der Waals surface area contributed by atoms with E-state index >= 15 is 0 Å². The van der Waals surface area contributed by atoms with E-state index in [4.69, 9.17) is 4.74 Å². The first kappa shape index (κ1) is 14.4. The normalized spacial score (nSPS) is 17.4. The van der Waals surface area contributed by atoms with Crippen LogP contribution in [0.25, 0.3) is 0 Å². The summed E-state index contributed by atoms with van der Waals surface area (Å²) in [5.74, 6) is 0.388. The second-order valence-electron chi connectivity index (χ2n) is 4.76. The predicted octanol–water partition coefficient (Wildman–Crippen LogP) is 2.40. The van der Waals surface area contributed by atoms with Gasteiger partial charge < -0.3 is 9.64 Å². The van der Waals surface area contributed by atoms with Crippen LogP contribution in [0.3, 0.4) is 0 Å². The van der Waals surface area contributed by atoms with E-state index in [1.54, 1.807) is 4.90 Å². The molecule has 1 aliphatic carbocycles. The lowest BCUT2D eigenvalue weighted by atomic mass is 10.2. The van der Waals surface area contributed by atoms with Crippen molar-refractivity contribution in [1.29, 1.82) is 0 Å². The zero-order chi connectivity index (χ0) is 14.3. The molecule has 0 aliphatic heterocycles. The van der Waals surface area contributed by atoms with Gasteiger partial charge in [-0.25, -0.2) is 0 Å².